The summed E-state index contributed by atoms with van der Waals surface area (Å²) in [6.07, 6.45) is -1.01. The molecule has 4 nitrogen and oxygen atoms in total. The number of hydrogen-bond donors (Lipinski definition) is 2. The zero-order valence-corrected chi connectivity index (χ0v) is 20.3. The first-order valence-electron chi connectivity index (χ1n) is 11.5. The van der Waals surface area contributed by atoms with Gasteiger partial charge in [-0.05, 0) is 96.2 Å². The number of pyridine rings is 1. The number of benzene rings is 1. The van der Waals surface area contributed by atoms with E-state index in [4.69, 9.17) is 9.72 Å². The second-order valence-electron chi connectivity index (χ2n) is 9.91. The number of aliphatic hydroxyl groups is 2. The maximum atomic E-state index is 12.8. The van der Waals surface area contributed by atoms with Gasteiger partial charge >= 0.3 is 6.18 Å². The number of aliphatic hydroxyl groups excluding tert-OH is 2. The summed E-state index contributed by atoms with van der Waals surface area (Å²) in [5.74, 6) is 0.344. The summed E-state index contributed by atoms with van der Waals surface area (Å²) in [4.78, 5) is 5.00. The number of halogens is 4. The fourth-order valence-corrected chi connectivity index (χ4v) is 6.94. The first-order chi connectivity index (χ1) is 15.7. The Morgan fingerprint density at radius 2 is 1.76 bits per heavy atom. The van der Waals surface area contributed by atoms with E-state index in [1.54, 1.807) is 0 Å². The van der Waals surface area contributed by atoms with Crippen LogP contribution in [0.5, 0.6) is 0 Å². The number of rotatable bonds is 3. The molecule has 1 aliphatic heterocycles. The third-order valence-electron chi connectivity index (χ3n) is 7.66. The monoisotopic (exact) mass is 573 g/mol. The van der Waals surface area contributed by atoms with E-state index in [2.05, 4.69) is 28.7 Å². The van der Waals surface area contributed by atoms with Crippen LogP contribution in [-0.2, 0) is 17.3 Å². The molecule has 1 saturated carbocycles. The molecule has 1 aromatic carbocycles. The molecule has 0 bridgehead atoms. The normalized spacial score (nSPS) is 28.9. The van der Waals surface area contributed by atoms with E-state index >= 15 is 0 Å². The second-order valence-corrected chi connectivity index (χ2v) is 11.1. The quantitative estimate of drug-likeness (QED) is 0.462. The average Bonchev–Trinajstić information content (AvgIpc) is 2.76. The Hall–Kier alpha value is -1.23. The SMILES string of the molecule is O[C@H]1CC2(Cc3nc(C4CCOCC4)cc(I)c31)CC([C@@H](O)c1ccc(C(F)(F)F)cc1)C2. The molecular formula is C25H27F3INO3. The van der Waals surface area contributed by atoms with Crippen LogP contribution in [-0.4, -0.2) is 28.4 Å². The molecule has 8 heteroatoms. The maximum absolute atomic E-state index is 12.8. The van der Waals surface area contributed by atoms with Crippen molar-refractivity contribution < 1.29 is 28.1 Å². The van der Waals surface area contributed by atoms with Gasteiger partial charge in [0.05, 0.1) is 17.8 Å². The third kappa shape index (κ3) is 4.56. The standard InChI is InChI=1S/C25H27F3INO3/c26-25(27,28)17-3-1-15(2-4-17)23(32)16-10-24(11-16)12-20-22(21(31)13-24)18(29)9-19(30-20)14-5-7-33-8-6-14/h1-4,9,14,16,21,23,31-32H,5-8,10-13H2/t16?,21-,23-,24?/m0/s1. The van der Waals surface area contributed by atoms with Crippen molar-refractivity contribution in [2.75, 3.05) is 13.2 Å². The highest BCUT2D eigenvalue weighted by Crippen LogP contribution is 2.59. The van der Waals surface area contributed by atoms with Gasteiger partial charge in [-0.1, -0.05) is 12.1 Å². The molecule has 2 fully saturated rings. The van der Waals surface area contributed by atoms with Gasteiger partial charge in [-0.25, -0.2) is 0 Å². The average molecular weight is 573 g/mol. The van der Waals surface area contributed by atoms with Crippen molar-refractivity contribution in [2.24, 2.45) is 11.3 Å². The molecule has 178 valence electrons. The van der Waals surface area contributed by atoms with Crippen molar-refractivity contribution in [1.82, 2.24) is 4.98 Å². The van der Waals surface area contributed by atoms with Crippen LogP contribution >= 0.6 is 22.6 Å². The van der Waals surface area contributed by atoms with Gasteiger partial charge < -0.3 is 14.9 Å². The largest absolute Gasteiger partial charge is 0.416 e. The molecule has 3 aliphatic rings. The Morgan fingerprint density at radius 1 is 1.09 bits per heavy atom. The van der Waals surface area contributed by atoms with E-state index in [9.17, 15) is 23.4 Å². The van der Waals surface area contributed by atoms with Crippen LogP contribution in [0.25, 0.3) is 0 Å². The van der Waals surface area contributed by atoms with Gasteiger partial charge in [0.15, 0.2) is 0 Å². The highest BCUT2D eigenvalue weighted by atomic mass is 127. The van der Waals surface area contributed by atoms with E-state index in [0.717, 1.165) is 78.0 Å². The first-order valence-corrected chi connectivity index (χ1v) is 12.5. The van der Waals surface area contributed by atoms with Crippen LogP contribution in [0.4, 0.5) is 13.2 Å². The summed E-state index contributed by atoms with van der Waals surface area (Å²) < 4.78 is 45.0. The Bertz CT molecular complexity index is 1010. The van der Waals surface area contributed by atoms with Crippen molar-refractivity contribution >= 4 is 22.6 Å². The van der Waals surface area contributed by atoms with Crippen LogP contribution in [0.2, 0.25) is 0 Å². The number of nitrogens with zero attached hydrogens (tertiary/aromatic N) is 1. The Kier molecular flexibility index (Phi) is 6.25. The molecule has 2 aromatic rings. The Labute approximate surface area is 204 Å². The molecule has 0 radical (unpaired) electrons. The van der Waals surface area contributed by atoms with Crippen molar-refractivity contribution in [3.63, 3.8) is 0 Å². The highest BCUT2D eigenvalue weighted by Gasteiger charge is 2.51. The van der Waals surface area contributed by atoms with Crippen molar-refractivity contribution in [3.05, 3.63) is 62.0 Å². The maximum Gasteiger partial charge on any atom is 0.416 e. The van der Waals surface area contributed by atoms with E-state index in [0.29, 0.717) is 17.9 Å². The van der Waals surface area contributed by atoms with Crippen LogP contribution in [0, 0.1) is 14.9 Å². The van der Waals surface area contributed by atoms with Crippen LogP contribution < -0.4 is 0 Å². The van der Waals surface area contributed by atoms with E-state index in [1.165, 1.54) is 12.1 Å². The Balaban J connectivity index is 1.31. The molecule has 2 atom stereocenters. The summed E-state index contributed by atoms with van der Waals surface area (Å²) >= 11 is 2.30. The molecule has 1 saturated heterocycles. The van der Waals surface area contributed by atoms with Gasteiger partial charge in [0, 0.05) is 39.7 Å². The lowest BCUT2D eigenvalue weighted by molar-refractivity contribution is -0.137. The predicted octanol–water partition coefficient (Wildman–Crippen LogP) is 5.71. The molecule has 5 rings (SSSR count). The van der Waals surface area contributed by atoms with Gasteiger partial charge in [-0.2, -0.15) is 13.2 Å². The number of ether oxygens (including phenoxy) is 1. The van der Waals surface area contributed by atoms with Crippen LogP contribution in [0.15, 0.2) is 30.3 Å². The molecule has 0 unspecified atom stereocenters. The summed E-state index contributed by atoms with van der Waals surface area (Å²) in [5, 5.41) is 21.8. The highest BCUT2D eigenvalue weighted by molar-refractivity contribution is 14.1. The minimum atomic E-state index is -4.39. The molecule has 0 amide bonds. The molecule has 2 heterocycles. The summed E-state index contributed by atoms with van der Waals surface area (Å²) in [5.41, 5.74) is 2.65. The summed E-state index contributed by atoms with van der Waals surface area (Å²) in [7, 11) is 0. The lowest BCUT2D eigenvalue weighted by Crippen LogP contribution is -2.45. The number of aromatic nitrogens is 1. The lowest BCUT2D eigenvalue weighted by atomic mass is 9.53. The smallest absolute Gasteiger partial charge is 0.388 e. The van der Waals surface area contributed by atoms with Gasteiger partial charge in [-0.15, -0.1) is 0 Å². The van der Waals surface area contributed by atoms with Crippen molar-refractivity contribution in [2.45, 2.75) is 62.8 Å². The summed E-state index contributed by atoms with van der Waals surface area (Å²) in [6.45, 7) is 1.49. The zero-order valence-electron chi connectivity index (χ0n) is 18.1. The van der Waals surface area contributed by atoms with Gasteiger partial charge in [0.2, 0.25) is 0 Å². The van der Waals surface area contributed by atoms with E-state index in [1.807, 2.05) is 0 Å². The fraction of sp³-hybridized carbons (Fsp3) is 0.560. The molecule has 1 aromatic heterocycles. The van der Waals surface area contributed by atoms with E-state index < -0.39 is 23.9 Å². The van der Waals surface area contributed by atoms with Crippen molar-refractivity contribution in [3.8, 4) is 0 Å². The molecule has 2 aliphatic carbocycles. The number of alkyl halides is 3. The predicted molar refractivity (Wildman–Crippen MR) is 125 cm³/mol. The lowest BCUT2D eigenvalue weighted by Gasteiger charge is -2.53. The molecule has 2 N–H and O–H groups in total. The summed E-state index contributed by atoms with van der Waals surface area (Å²) in [6, 6.07) is 6.89. The third-order valence-corrected chi connectivity index (χ3v) is 8.56. The minimum Gasteiger partial charge on any atom is -0.388 e. The number of fused-ring (bicyclic) bond motifs is 1. The van der Waals surface area contributed by atoms with Gasteiger partial charge in [0.1, 0.15) is 0 Å². The second kappa shape index (κ2) is 8.77. The van der Waals surface area contributed by atoms with Gasteiger partial charge in [-0.3, -0.25) is 4.98 Å². The van der Waals surface area contributed by atoms with Gasteiger partial charge in [0.25, 0.3) is 0 Å². The van der Waals surface area contributed by atoms with Crippen LogP contribution in [0.1, 0.15) is 78.3 Å². The molecule has 1 spiro atoms. The Morgan fingerprint density at radius 3 is 2.39 bits per heavy atom. The number of hydrogen-bond acceptors (Lipinski definition) is 4. The topological polar surface area (TPSA) is 62.6 Å². The zero-order chi connectivity index (χ0) is 23.4. The van der Waals surface area contributed by atoms with E-state index in [-0.39, 0.29) is 11.3 Å². The van der Waals surface area contributed by atoms with Crippen LogP contribution in [0.3, 0.4) is 0 Å². The van der Waals surface area contributed by atoms with Crippen molar-refractivity contribution in [1.29, 1.82) is 0 Å². The molecule has 33 heavy (non-hydrogen) atoms. The fourth-order valence-electron chi connectivity index (χ4n) is 5.95. The first kappa shape index (κ1) is 23.5. The molecular weight excluding hydrogens is 546 g/mol. The minimum absolute atomic E-state index is 0.0340.